The van der Waals surface area contributed by atoms with Crippen LogP contribution in [0.1, 0.15) is 24.2 Å². The van der Waals surface area contributed by atoms with E-state index in [2.05, 4.69) is 44.6 Å². The predicted molar refractivity (Wildman–Crippen MR) is 77.8 cm³/mol. The number of piperazine rings is 1. The minimum Gasteiger partial charge on any atom is -0.478 e. The Kier molecular flexibility index (Phi) is 4.42. The van der Waals surface area contributed by atoms with Gasteiger partial charge in [-0.3, -0.25) is 4.90 Å². The lowest BCUT2D eigenvalue weighted by atomic mass is 10.1. The van der Waals surface area contributed by atoms with Gasteiger partial charge in [-0.05, 0) is 35.5 Å². The second-order valence-electron chi connectivity index (χ2n) is 4.75. The van der Waals surface area contributed by atoms with Crippen LogP contribution in [-0.2, 0) is 0 Å². The molecule has 1 aliphatic rings. The quantitative estimate of drug-likeness (QED) is 0.921. The van der Waals surface area contributed by atoms with E-state index in [1.807, 2.05) is 0 Å². The Labute approximate surface area is 121 Å². The molecule has 2 rings (SSSR count). The maximum atomic E-state index is 11.3. The van der Waals surface area contributed by atoms with Gasteiger partial charge >= 0.3 is 5.97 Å². The molecule has 104 valence electrons. The monoisotopic (exact) mass is 327 g/mol. The zero-order valence-corrected chi connectivity index (χ0v) is 12.7. The van der Waals surface area contributed by atoms with Crippen molar-refractivity contribution in [3.05, 3.63) is 22.3 Å². The fourth-order valence-corrected chi connectivity index (χ4v) is 2.83. The molecule has 1 saturated heterocycles. The Bertz CT molecular complexity index is 481. The van der Waals surface area contributed by atoms with Crippen molar-refractivity contribution in [1.82, 2.24) is 9.88 Å². The molecule has 1 aromatic heterocycles. The third-order valence-electron chi connectivity index (χ3n) is 3.53. The van der Waals surface area contributed by atoms with Gasteiger partial charge in [0.1, 0.15) is 11.4 Å². The van der Waals surface area contributed by atoms with E-state index in [0.717, 1.165) is 26.2 Å². The van der Waals surface area contributed by atoms with E-state index in [1.54, 1.807) is 12.3 Å². The summed E-state index contributed by atoms with van der Waals surface area (Å²) in [7, 11) is 0. The summed E-state index contributed by atoms with van der Waals surface area (Å²) in [4.78, 5) is 20.1. The Hall–Kier alpha value is -1.14. The molecule has 1 fully saturated rings. The molecule has 2 heterocycles. The van der Waals surface area contributed by atoms with Gasteiger partial charge in [0.25, 0.3) is 0 Å². The number of nitrogens with zero attached hydrogens (tertiary/aromatic N) is 3. The minimum atomic E-state index is -0.936. The van der Waals surface area contributed by atoms with Crippen molar-refractivity contribution in [2.24, 2.45) is 0 Å². The third kappa shape index (κ3) is 3.06. The van der Waals surface area contributed by atoms with Gasteiger partial charge in [0, 0.05) is 36.3 Å². The van der Waals surface area contributed by atoms with Crippen molar-refractivity contribution in [2.75, 3.05) is 31.1 Å². The van der Waals surface area contributed by atoms with Gasteiger partial charge in [-0.15, -0.1) is 0 Å². The summed E-state index contributed by atoms with van der Waals surface area (Å²) >= 11 is 3.27. The molecule has 0 aromatic carbocycles. The minimum absolute atomic E-state index is 0.256. The molecule has 1 aliphatic heterocycles. The number of hydrogen-bond donors (Lipinski definition) is 1. The first kappa shape index (κ1) is 14.3. The first-order valence-electron chi connectivity index (χ1n) is 6.40. The van der Waals surface area contributed by atoms with Gasteiger partial charge < -0.3 is 10.0 Å². The van der Waals surface area contributed by atoms with Gasteiger partial charge in [-0.1, -0.05) is 6.92 Å². The zero-order valence-electron chi connectivity index (χ0n) is 11.1. The largest absolute Gasteiger partial charge is 0.478 e. The standard InChI is InChI=1S/C13H18BrN3O2/c1-3-16-4-5-17(8-9(16)2)12-11(13(18)19)6-10(14)7-15-12/h6-7,9H,3-5,8H2,1-2H3,(H,18,19). The summed E-state index contributed by atoms with van der Waals surface area (Å²) in [5.74, 6) is -0.368. The highest BCUT2D eigenvalue weighted by atomic mass is 79.9. The molecular weight excluding hydrogens is 310 g/mol. The van der Waals surface area contributed by atoms with Crippen LogP contribution in [0.5, 0.6) is 0 Å². The smallest absolute Gasteiger partial charge is 0.339 e. The summed E-state index contributed by atoms with van der Waals surface area (Å²) in [6.07, 6.45) is 1.65. The summed E-state index contributed by atoms with van der Waals surface area (Å²) in [5, 5.41) is 9.29. The molecule has 0 spiro atoms. The summed E-state index contributed by atoms with van der Waals surface area (Å²) in [6.45, 7) is 7.89. The van der Waals surface area contributed by atoms with Crippen molar-refractivity contribution in [2.45, 2.75) is 19.9 Å². The Balaban J connectivity index is 2.25. The van der Waals surface area contributed by atoms with E-state index in [9.17, 15) is 9.90 Å². The van der Waals surface area contributed by atoms with Gasteiger partial charge in [-0.25, -0.2) is 9.78 Å². The first-order chi connectivity index (χ1) is 9.02. The van der Waals surface area contributed by atoms with Crippen LogP contribution in [0.15, 0.2) is 16.7 Å². The van der Waals surface area contributed by atoms with E-state index in [-0.39, 0.29) is 5.56 Å². The molecule has 1 aromatic rings. The maximum Gasteiger partial charge on any atom is 0.339 e. The van der Waals surface area contributed by atoms with Crippen LogP contribution >= 0.6 is 15.9 Å². The lowest BCUT2D eigenvalue weighted by Gasteiger charge is -2.40. The van der Waals surface area contributed by atoms with Crippen molar-refractivity contribution >= 4 is 27.7 Å². The second kappa shape index (κ2) is 5.88. The summed E-state index contributed by atoms with van der Waals surface area (Å²) in [6, 6.07) is 2.02. The summed E-state index contributed by atoms with van der Waals surface area (Å²) < 4.78 is 0.689. The molecule has 1 unspecified atom stereocenters. The van der Waals surface area contributed by atoms with Gasteiger partial charge in [0.05, 0.1) is 0 Å². The fraction of sp³-hybridized carbons (Fsp3) is 0.538. The fourth-order valence-electron chi connectivity index (χ4n) is 2.50. The first-order valence-corrected chi connectivity index (χ1v) is 7.20. The normalized spacial score (nSPS) is 20.6. The molecular formula is C13H18BrN3O2. The number of likely N-dealkylation sites (N-methyl/N-ethyl adjacent to an activating group) is 1. The number of carboxylic acid groups (broad SMARTS) is 1. The van der Waals surface area contributed by atoms with Crippen LogP contribution in [0.3, 0.4) is 0 Å². The highest BCUT2D eigenvalue weighted by Crippen LogP contribution is 2.24. The van der Waals surface area contributed by atoms with Crippen molar-refractivity contribution < 1.29 is 9.90 Å². The Morgan fingerprint density at radius 3 is 2.89 bits per heavy atom. The van der Waals surface area contributed by atoms with Crippen molar-refractivity contribution in [1.29, 1.82) is 0 Å². The number of halogens is 1. The van der Waals surface area contributed by atoms with Crippen LogP contribution in [0, 0.1) is 0 Å². The number of aromatic nitrogens is 1. The number of pyridine rings is 1. The highest BCUT2D eigenvalue weighted by molar-refractivity contribution is 9.10. The zero-order chi connectivity index (χ0) is 14.0. The van der Waals surface area contributed by atoms with Crippen molar-refractivity contribution in [3.63, 3.8) is 0 Å². The van der Waals surface area contributed by atoms with E-state index in [4.69, 9.17) is 0 Å². The van der Waals surface area contributed by atoms with Crippen LogP contribution in [0.2, 0.25) is 0 Å². The van der Waals surface area contributed by atoms with Gasteiger partial charge in [0.15, 0.2) is 0 Å². The molecule has 6 heteroatoms. The molecule has 1 atom stereocenters. The molecule has 19 heavy (non-hydrogen) atoms. The van der Waals surface area contributed by atoms with Crippen LogP contribution < -0.4 is 4.90 Å². The predicted octanol–water partition coefficient (Wildman–Crippen LogP) is 2.07. The molecule has 0 amide bonds. The molecule has 0 radical (unpaired) electrons. The van der Waals surface area contributed by atoms with Crippen molar-refractivity contribution in [3.8, 4) is 0 Å². The second-order valence-corrected chi connectivity index (χ2v) is 5.67. The highest BCUT2D eigenvalue weighted by Gasteiger charge is 2.26. The lowest BCUT2D eigenvalue weighted by Crippen LogP contribution is -2.52. The topological polar surface area (TPSA) is 56.7 Å². The van der Waals surface area contributed by atoms with Gasteiger partial charge in [0.2, 0.25) is 0 Å². The SMILES string of the molecule is CCN1CCN(c2ncc(Br)cc2C(=O)O)CC1C. The van der Waals surface area contributed by atoms with Crippen LogP contribution in [0.25, 0.3) is 0 Å². The van der Waals surface area contributed by atoms with E-state index < -0.39 is 5.97 Å². The summed E-state index contributed by atoms with van der Waals surface area (Å²) in [5.41, 5.74) is 0.256. The molecule has 0 saturated carbocycles. The molecule has 5 nitrogen and oxygen atoms in total. The number of carbonyl (C=O) groups is 1. The lowest BCUT2D eigenvalue weighted by molar-refractivity contribution is 0.0696. The maximum absolute atomic E-state index is 11.3. The molecule has 0 bridgehead atoms. The number of hydrogen-bond acceptors (Lipinski definition) is 4. The van der Waals surface area contributed by atoms with Crippen LogP contribution in [-0.4, -0.2) is 53.2 Å². The van der Waals surface area contributed by atoms with E-state index in [0.29, 0.717) is 16.3 Å². The van der Waals surface area contributed by atoms with E-state index in [1.165, 1.54) is 0 Å². The average Bonchev–Trinajstić information content (AvgIpc) is 2.38. The molecule has 1 N–H and O–H groups in total. The Morgan fingerprint density at radius 1 is 1.58 bits per heavy atom. The average molecular weight is 328 g/mol. The third-order valence-corrected chi connectivity index (χ3v) is 3.97. The number of rotatable bonds is 3. The van der Waals surface area contributed by atoms with Crippen LogP contribution in [0.4, 0.5) is 5.82 Å². The Morgan fingerprint density at radius 2 is 2.32 bits per heavy atom. The number of aromatic carboxylic acids is 1. The molecule has 0 aliphatic carbocycles. The van der Waals surface area contributed by atoms with Gasteiger partial charge in [-0.2, -0.15) is 0 Å². The number of carboxylic acids is 1. The number of anilines is 1. The van der Waals surface area contributed by atoms with E-state index >= 15 is 0 Å².